The van der Waals surface area contributed by atoms with E-state index in [1.165, 1.54) is 7.11 Å². The van der Waals surface area contributed by atoms with Gasteiger partial charge in [0.25, 0.3) is 0 Å². The molecule has 0 radical (unpaired) electrons. The number of amides is 1. The van der Waals surface area contributed by atoms with Crippen LogP contribution < -0.4 is 0 Å². The minimum absolute atomic E-state index is 0.0622. The molecule has 0 aromatic carbocycles. The van der Waals surface area contributed by atoms with Gasteiger partial charge in [0.2, 0.25) is 5.91 Å². The maximum Gasteiger partial charge on any atom is 0.307 e. The zero-order chi connectivity index (χ0) is 12.3. The van der Waals surface area contributed by atoms with Gasteiger partial charge in [0.05, 0.1) is 19.3 Å². The summed E-state index contributed by atoms with van der Waals surface area (Å²) in [6, 6.07) is 3.99. The molecule has 0 aliphatic carbocycles. The SMILES string of the molecule is COC(=O)CCN1C(=O)CSC1c1cccs1. The Bertz CT molecular complexity index is 405. The second kappa shape index (κ2) is 5.55. The molecule has 0 spiro atoms. The summed E-state index contributed by atoms with van der Waals surface area (Å²) < 4.78 is 4.59. The van der Waals surface area contributed by atoms with Crippen LogP contribution in [0.2, 0.25) is 0 Å². The number of hydrogen-bond acceptors (Lipinski definition) is 5. The van der Waals surface area contributed by atoms with Crippen LogP contribution in [0.25, 0.3) is 0 Å². The number of carbonyl (C=O) groups is 2. The van der Waals surface area contributed by atoms with Crippen LogP contribution in [0.15, 0.2) is 17.5 Å². The minimum atomic E-state index is -0.278. The van der Waals surface area contributed by atoms with Crippen LogP contribution in [0.4, 0.5) is 0 Å². The van der Waals surface area contributed by atoms with Gasteiger partial charge in [0, 0.05) is 11.4 Å². The molecule has 1 aliphatic heterocycles. The Morgan fingerprint density at radius 3 is 3.12 bits per heavy atom. The lowest BCUT2D eigenvalue weighted by Gasteiger charge is -2.22. The summed E-state index contributed by atoms with van der Waals surface area (Å²) in [5, 5.41) is 2.06. The monoisotopic (exact) mass is 271 g/mol. The van der Waals surface area contributed by atoms with Crippen molar-refractivity contribution in [1.29, 1.82) is 0 Å². The van der Waals surface area contributed by atoms with Gasteiger partial charge in [0.1, 0.15) is 5.37 Å². The number of esters is 1. The molecule has 0 bridgehead atoms. The summed E-state index contributed by atoms with van der Waals surface area (Å²) in [6.07, 6.45) is 0.255. The molecule has 6 heteroatoms. The molecule has 1 aromatic rings. The molecule has 17 heavy (non-hydrogen) atoms. The van der Waals surface area contributed by atoms with Crippen LogP contribution in [0.5, 0.6) is 0 Å². The lowest BCUT2D eigenvalue weighted by Crippen LogP contribution is -2.30. The number of nitrogens with zero attached hydrogens (tertiary/aromatic N) is 1. The fraction of sp³-hybridized carbons (Fsp3) is 0.455. The molecule has 1 unspecified atom stereocenters. The number of hydrogen-bond donors (Lipinski definition) is 0. The van der Waals surface area contributed by atoms with E-state index in [4.69, 9.17) is 0 Å². The third-order valence-corrected chi connectivity index (χ3v) is 4.85. The number of methoxy groups -OCH3 is 1. The maximum atomic E-state index is 11.7. The molecule has 1 aliphatic rings. The number of thioether (sulfide) groups is 1. The van der Waals surface area contributed by atoms with Crippen molar-refractivity contribution in [3.05, 3.63) is 22.4 Å². The van der Waals surface area contributed by atoms with Gasteiger partial charge in [-0.15, -0.1) is 23.1 Å². The standard InChI is InChI=1S/C11H13NO3S2/c1-15-10(14)4-5-12-9(13)7-17-11(12)8-3-2-6-16-8/h2-3,6,11H,4-5,7H2,1H3. The third kappa shape index (κ3) is 2.81. The van der Waals surface area contributed by atoms with Crippen molar-refractivity contribution in [1.82, 2.24) is 4.90 Å². The Hall–Kier alpha value is -1.01. The lowest BCUT2D eigenvalue weighted by atomic mass is 10.3. The zero-order valence-electron chi connectivity index (χ0n) is 9.42. The highest BCUT2D eigenvalue weighted by atomic mass is 32.2. The Labute approximate surface area is 108 Å². The summed E-state index contributed by atoms with van der Waals surface area (Å²) in [5.41, 5.74) is 0. The molecular weight excluding hydrogens is 258 g/mol. The summed E-state index contributed by atoms with van der Waals surface area (Å²) >= 11 is 3.25. The Morgan fingerprint density at radius 1 is 1.65 bits per heavy atom. The van der Waals surface area contributed by atoms with Gasteiger partial charge in [-0.1, -0.05) is 6.07 Å². The van der Waals surface area contributed by atoms with Crippen molar-refractivity contribution in [2.75, 3.05) is 19.4 Å². The van der Waals surface area contributed by atoms with Crippen LogP contribution in [0.1, 0.15) is 16.7 Å². The second-order valence-corrected chi connectivity index (χ2v) is 5.64. The summed E-state index contributed by atoms with van der Waals surface area (Å²) in [4.78, 5) is 25.8. The molecule has 2 rings (SSSR count). The Kier molecular flexibility index (Phi) is 4.06. The molecule has 0 N–H and O–H groups in total. The van der Waals surface area contributed by atoms with Crippen molar-refractivity contribution >= 4 is 35.0 Å². The summed E-state index contributed by atoms with van der Waals surface area (Å²) in [6.45, 7) is 0.432. The largest absolute Gasteiger partial charge is 0.469 e. The molecular formula is C11H13NO3S2. The van der Waals surface area contributed by atoms with Gasteiger partial charge in [-0.3, -0.25) is 9.59 Å². The van der Waals surface area contributed by atoms with E-state index in [9.17, 15) is 9.59 Å². The van der Waals surface area contributed by atoms with Crippen molar-refractivity contribution in [2.45, 2.75) is 11.8 Å². The lowest BCUT2D eigenvalue weighted by molar-refractivity contribution is -0.141. The first-order chi connectivity index (χ1) is 8.22. The fourth-order valence-electron chi connectivity index (χ4n) is 1.68. The zero-order valence-corrected chi connectivity index (χ0v) is 11.1. The first-order valence-electron chi connectivity index (χ1n) is 5.23. The van der Waals surface area contributed by atoms with Gasteiger partial charge in [-0.2, -0.15) is 0 Å². The average Bonchev–Trinajstić information content (AvgIpc) is 2.95. The Balaban J connectivity index is 2.02. The molecule has 92 valence electrons. The molecule has 1 aromatic heterocycles. The molecule has 4 nitrogen and oxygen atoms in total. The van der Waals surface area contributed by atoms with Crippen LogP contribution >= 0.6 is 23.1 Å². The summed E-state index contributed by atoms with van der Waals surface area (Å²) in [7, 11) is 1.36. The normalized spacial score (nSPS) is 19.7. The summed E-state index contributed by atoms with van der Waals surface area (Å²) in [5.74, 6) is 0.306. The van der Waals surface area contributed by atoms with Crippen molar-refractivity contribution in [3.63, 3.8) is 0 Å². The van der Waals surface area contributed by atoms with E-state index in [0.29, 0.717) is 12.3 Å². The molecule has 2 heterocycles. The minimum Gasteiger partial charge on any atom is -0.469 e. The number of thiophene rings is 1. The van der Waals surface area contributed by atoms with E-state index in [1.807, 2.05) is 17.5 Å². The van der Waals surface area contributed by atoms with Gasteiger partial charge in [0.15, 0.2) is 0 Å². The number of rotatable bonds is 4. The second-order valence-electron chi connectivity index (χ2n) is 3.59. The van der Waals surface area contributed by atoms with Crippen molar-refractivity contribution in [3.8, 4) is 0 Å². The van der Waals surface area contributed by atoms with E-state index in [-0.39, 0.29) is 23.7 Å². The topological polar surface area (TPSA) is 46.6 Å². The quantitative estimate of drug-likeness (QED) is 0.785. The van der Waals surface area contributed by atoms with Crippen molar-refractivity contribution < 1.29 is 14.3 Å². The van der Waals surface area contributed by atoms with E-state index < -0.39 is 0 Å². The predicted octanol–water partition coefficient (Wildman–Crippen LogP) is 1.89. The van der Waals surface area contributed by atoms with E-state index in [2.05, 4.69) is 4.74 Å². The fourth-order valence-corrected chi connectivity index (χ4v) is 3.88. The first-order valence-corrected chi connectivity index (χ1v) is 7.16. The van der Waals surface area contributed by atoms with E-state index in [0.717, 1.165) is 4.88 Å². The highest BCUT2D eigenvalue weighted by Crippen LogP contribution is 2.40. The average molecular weight is 271 g/mol. The molecule has 1 amide bonds. The smallest absolute Gasteiger partial charge is 0.307 e. The Morgan fingerprint density at radius 2 is 2.47 bits per heavy atom. The number of carbonyl (C=O) groups excluding carboxylic acids is 2. The molecule has 1 atom stereocenters. The highest BCUT2D eigenvalue weighted by molar-refractivity contribution is 8.00. The third-order valence-electron chi connectivity index (χ3n) is 2.54. The van der Waals surface area contributed by atoms with E-state index in [1.54, 1.807) is 28.0 Å². The van der Waals surface area contributed by atoms with Crippen LogP contribution in [0, 0.1) is 0 Å². The van der Waals surface area contributed by atoms with Gasteiger partial charge >= 0.3 is 5.97 Å². The van der Waals surface area contributed by atoms with Crippen molar-refractivity contribution in [2.24, 2.45) is 0 Å². The van der Waals surface area contributed by atoms with Gasteiger partial charge in [-0.05, 0) is 11.4 Å². The first kappa shape index (κ1) is 12.4. The van der Waals surface area contributed by atoms with E-state index >= 15 is 0 Å². The van der Waals surface area contributed by atoms with Gasteiger partial charge in [-0.25, -0.2) is 0 Å². The predicted molar refractivity (Wildman–Crippen MR) is 67.9 cm³/mol. The molecule has 1 fully saturated rings. The van der Waals surface area contributed by atoms with Gasteiger partial charge < -0.3 is 9.64 Å². The van der Waals surface area contributed by atoms with Crippen LogP contribution in [-0.4, -0.2) is 36.2 Å². The number of ether oxygens (including phenoxy) is 1. The maximum absolute atomic E-state index is 11.7. The highest BCUT2D eigenvalue weighted by Gasteiger charge is 2.33. The molecule has 0 saturated carbocycles. The van der Waals surface area contributed by atoms with Crippen LogP contribution in [0.3, 0.4) is 0 Å². The van der Waals surface area contributed by atoms with Crippen LogP contribution in [-0.2, 0) is 14.3 Å². The molecule has 1 saturated heterocycles.